The van der Waals surface area contributed by atoms with Gasteiger partial charge in [0.1, 0.15) is 0 Å². The first-order valence-corrected chi connectivity index (χ1v) is 6.46. The Balaban J connectivity index is 2.16. The van der Waals surface area contributed by atoms with Crippen molar-refractivity contribution in [3.63, 3.8) is 0 Å². The maximum Gasteiger partial charge on any atom is 0.0563 e. The average Bonchev–Trinajstić information content (AvgIpc) is 2.65. The van der Waals surface area contributed by atoms with Gasteiger partial charge in [-0.05, 0) is 30.9 Å². The third kappa shape index (κ3) is 1.90. The Morgan fingerprint density at radius 1 is 1.21 bits per heavy atom. The van der Waals surface area contributed by atoms with Crippen LogP contribution < -0.4 is 0 Å². The lowest BCUT2D eigenvalue weighted by molar-refractivity contribution is 0.598. The van der Waals surface area contributed by atoms with Gasteiger partial charge in [0.2, 0.25) is 0 Å². The predicted molar refractivity (Wildman–Crippen MR) is 59.7 cm³/mol. The van der Waals surface area contributed by atoms with E-state index in [9.17, 15) is 4.21 Å². The summed E-state index contributed by atoms with van der Waals surface area (Å²) < 4.78 is 12.2. The molecule has 1 aromatic rings. The van der Waals surface area contributed by atoms with Crippen LogP contribution in [-0.2, 0) is 10.8 Å². The van der Waals surface area contributed by atoms with Crippen molar-refractivity contribution in [2.75, 3.05) is 0 Å². The Bertz CT molecular complexity index is 320. The largest absolute Gasteiger partial charge is 0.254 e. The molecule has 0 aromatic heterocycles. The molecule has 0 saturated heterocycles. The van der Waals surface area contributed by atoms with Gasteiger partial charge in [0.05, 0.1) is 10.8 Å². The zero-order valence-electron chi connectivity index (χ0n) is 8.48. The van der Waals surface area contributed by atoms with Gasteiger partial charge in [-0.25, -0.2) is 0 Å². The molecule has 1 aliphatic carbocycles. The zero-order valence-corrected chi connectivity index (χ0v) is 9.30. The van der Waals surface area contributed by atoms with Crippen molar-refractivity contribution in [1.29, 1.82) is 0 Å². The minimum Gasteiger partial charge on any atom is -0.254 e. The lowest BCUT2D eigenvalue weighted by Crippen LogP contribution is -2.17. The number of hydrogen-bond acceptors (Lipinski definition) is 1. The van der Waals surface area contributed by atoms with E-state index in [1.807, 2.05) is 30.3 Å². The van der Waals surface area contributed by atoms with Gasteiger partial charge in [-0.2, -0.15) is 0 Å². The van der Waals surface area contributed by atoms with Crippen molar-refractivity contribution >= 4 is 10.8 Å². The Labute approximate surface area is 88.0 Å². The SMILES string of the molecule is C[C@H]1CCC[C@@H]1S(=O)c1ccccc1. The van der Waals surface area contributed by atoms with Crippen molar-refractivity contribution in [3.8, 4) is 0 Å². The first-order chi connectivity index (χ1) is 6.79. The molecule has 1 aromatic carbocycles. The van der Waals surface area contributed by atoms with E-state index in [-0.39, 0.29) is 0 Å². The Morgan fingerprint density at radius 2 is 1.93 bits per heavy atom. The number of rotatable bonds is 2. The standard InChI is InChI=1S/C12H16OS/c1-10-6-5-9-12(10)14(13)11-7-3-2-4-8-11/h2-4,7-8,10,12H,5-6,9H2,1H3/t10-,12-,14?/m0/s1. The lowest BCUT2D eigenvalue weighted by Gasteiger charge is -2.14. The van der Waals surface area contributed by atoms with Gasteiger partial charge < -0.3 is 0 Å². The fraction of sp³-hybridized carbons (Fsp3) is 0.500. The fourth-order valence-corrected chi connectivity index (χ4v) is 3.87. The molecule has 0 radical (unpaired) electrons. The third-order valence-electron chi connectivity index (χ3n) is 3.03. The lowest BCUT2D eigenvalue weighted by atomic mass is 10.1. The fourth-order valence-electron chi connectivity index (χ4n) is 2.16. The summed E-state index contributed by atoms with van der Waals surface area (Å²) in [6.45, 7) is 2.22. The molecule has 3 atom stereocenters. The molecule has 1 saturated carbocycles. The molecular formula is C12H16OS. The molecule has 0 amide bonds. The van der Waals surface area contributed by atoms with Crippen LogP contribution in [0.1, 0.15) is 26.2 Å². The van der Waals surface area contributed by atoms with Crippen molar-refractivity contribution in [1.82, 2.24) is 0 Å². The normalized spacial score (nSPS) is 28.9. The first-order valence-electron chi connectivity index (χ1n) is 5.24. The molecule has 14 heavy (non-hydrogen) atoms. The summed E-state index contributed by atoms with van der Waals surface area (Å²) in [4.78, 5) is 0.992. The van der Waals surface area contributed by atoms with Crippen LogP contribution in [0.15, 0.2) is 35.2 Å². The summed E-state index contributed by atoms with van der Waals surface area (Å²) in [7, 11) is -0.789. The van der Waals surface area contributed by atoms with Crippen LogP contribution >= 0.6 is 0 Å². The van der Waals surface area contributed by atoms with Crippen molar-refractivity contribution in [2.45, 2.75) is 36.3 Å². The number of benzene rings is 1. The third-order valence-corrected chi connectivity index (χ3v) is 5.02. The predicted octanol–water partition coefficient (Wildman–Crippen LogP) is 2.98. The van der Waals surface area contributed by atoms with Gasteiger partial charge in [-0.3, -0.25) is 4.21 Å². The summed E-state index contributed by atoms with van der Waals surface area (Å²) in [6.07, 6.45) is 3.61. The van der Waals surface area contributed by atoms with Crippen LogP contribution in [0, 0.1) is 5.92 Å². The van der Waals surface area contributed by atoms with E-state index in [1.54, 1.807) is 0 Å². The smallest absolute Gasteiger partial charge is 0.0563 e. The van der Waals surface area contributed by atoms with Gasteiger partial charge in [0, 0.05) is 10.1 Å². The van der Waals surface area contributed by atoms with Crippen LogP contribution in [0.2, 0.25) is 0 Å². The highest BCUT2D eigenvalue weighted by Crippen LogP contribution is 2.31. The van der Waals surface area contributed by atoms with Gasteiger partial charge in [-0.1, -0.05) is 31.5 Å². The van der Waals surface area contributed by atoms with E-state index in [4.69, 9.17) is 0 Å². The maximum absolute atomic E-state index is 12.2. The summed E-state index contributed by atoms with van der Waals surface area (Å²) in [5, 5.41) is 0.386. The van der Waals surface area contributed by atoms with Crippen LogP contribution in [0.25, 0.3) is 0 Å². The van der Waals surface area contributed by atoms with E-state index in [2.05, 4.69) is 6.92 Å². The van der Waals surface area contributed by atoms with Crippen LogP contribution in [0.4, 0.5) is 0 Å². The second-order valence-electron chi connectivity index (χ2n) is 4.06. The molecule has 0 spiro atoms. The van der Waals surface area contributed by atoms with Crippen LogP contribution in [0.5, 0.6) is 0 Å². The van der Waals surface area contributed by atoms with Gasteiger partial charge in [0.15, 0.2) is 0 Å². The molecule has 0 N–H and O–H groups in total. The van der Waals surface area contributed by atoms with E-state index >= 15 is 0 Å². The molecule has 1 unspecified atom stereocenters. The summed E-state index contributed by atoms with van der Waals surface area (Å²) in [6, 6.07) is 9.85. The molecule has 1 nitrogen and oxygen atoms in total. The first kappa shape index (κ1) is 9.91. The molecule has 0 aliphatic heterocycles. The van der Waals surface area contributed by atoms with E-state index in [0.717, 1.165) is 11.3 Å². The maximum atomic E-state index is 12.2. The zero-order chi connectivity index (χ0) is 9.97. The monoisotopic (exact) mass is 208 g/mol. The number of hydrogen-bond donors (Lipinski definition) is 0. The molecule has 1 fully saturated rings. The second kappa shape index (κ2) is 4.26. The second-order valence-corrected chi connectivity index (χ2v) is 5.73. The van der Waals surface area contributed by atoms with Crippen LogP contribution in [0.3, 0.4) is 0 Å². The Morgan fingerprint density at radius 3 is 2.50 bits per heavy atom. The molecule has 0 bridgehead atoms. The molecule has 2 rings (SSSR count). The van der Waals surface area contributed by atoms with Crippen molar-refractivity contribution in [2.24, 2.45) is 5.92 Å². The highest BCUT2D eigenvalue weighted by atomic mass is 32.2. The van der Waals surface area contributed by atoms with E-state index < -0.39 is 10.8 Å². The minimum absolute atomic E-state index is 0.386. The van der Waals surface area contributed by atoms with Crippen LogP contribution in [-0.4, -0.2) is 9.46 Å². The molecule has 2 heteroatoms. The van der Waals surface area contributed by atoms with Gasteiger partial charge in [0.25, 0.3) is 0 Å². The van der Waals surface area contributed by atoms with E-state index in [0.29, 0.717) is 11.2 Å². The highest BCUT2D eigenvalue weighted by molar-refractivity contribution is 7.85. The Kier molecular flexibility index (Phi) is 3.02. The minimum atomic E-state index is -0.789. The highest BCUT2D eigenvalue weighted by Gasteiger charge is 2.29. The molecule has 1 aliphatic rings. The summed E-state index contributed by atoms with van der Waals surface area (Å²) in [5.74, 6) is 0.621. The van der Waals surface area contributed by atoms with Gasteiger partial charge >= 0.3 is 0 Å². The molecular weight excluding hydrogens is 192 g/mol. The summed E-state index contributed by atoms with van der Waals surface area (Å²) >= 11 is 0. The molecule has 0 heterocycles. The molecule has 76 valence electrons. The Hall–Kier alpha value is -0.630. The summed E-state index contributed by atoms with van der Waals surface area (Å²) in [5.41, 5.74) is 0. The van der Waals surface area contributed by atoms with Crippen molar-refractivity contribution < 1.29 is 4.21 Å². The quantitative estimate of drug-likeness (QED) is 0.730. The van der Waals surface area contributed by atoms with Gasteiger partial charge in [-0.15, -0.1) is 0 Å². The topological polar surface area (TPSA) is 17.1 Å². The van der Waals surface area contributed by atoms with E-state index in [1.165, 1.54) is 12.8 Å². The van der Waals surface area contributed by atoms with Crippen molar-refractivity contribution in [3.05, 3.63) is 30.3 Å². The average molecular weight is 208 g/mol.